The molecule has 1 heterocycles. The monoisotopic (exact) mass is 230 g/mol. The quantitative estimate of drug-likeness (QED) is 0.298. The van der Waals surface area contributed by atoms with Crippen molar-refractivity contribution >= 4 is 5.96 Å². The molecule has 1 unspecified atom stereocenters. The lowest BCUT2D eigenvalue weighted by molar-refractivity contribution is 0.147. The molecule has 3 N–H and O–H groups in total. The second kappa shape index (κ2) is 7.43. The minimum atomic E-state index is 0.0974. The Hall–Kier alpha value is -0.850. The molecule has 1 fully saturated rings. The van der Waals surface area contributed by atoms with Crippen LogP contribution in [0.25, 0.3) is 0 Å². The van der Waals surface area contributed by atoms with Gasteiger partial charge in [0.15, 0.2) is 0 Å². The second-order valence-corrected chi connectivity index (χ2v) is 3.85. The molecular formula is C10H22N4O2. The van der Waals surface area contributed by atoms with Crippen LogP contribution in [-0.4, -0.2) is 56.9 Å². The van der Waals surface area contributed by atoms with Gasteiger partial charge in [-0.2, -0.15) is 0 Å². The third-order valence-electron chi connectivity index (χ3n) is 2.40. The Bertz CT molecular complexity index is 215. The van der Waals surface area contributed by atoms with Crippen LogP contribution in [0.4, 0.5) is 0 Å². The van der Waals surface area contributed by atoms with Gasteiger partial charge in [-0.15, -0.1) is 0 Å². The fraction of sp³-hybridized carbons (Fsp3) is 0.900. The van der Waals surface area contributed by atoms with E-state index in [1.807, 2.05) is 6.92 Å². The normalized spacial score (nSPS) is 20.4. The van der Waals surface area contributed by atoms with Crippen LogP contribution in [0.2, 0.25) is 0 Å². The van der Waals surface area contributed by atoms with Gasteiger partial charge in [-0.05, 0) is 13.3 Å². The van der Waals surface area contributed by atoms with Crippen LogP contribution in [0.1, 0.15) is 13.3 Å². The Labute approximate surface area is 96.8 Å². The van der Waals surface area contributed by atoms with Crippen LogP contribution in [0.3, 0.4) is 0 Å². The number of methoxy groups -OCH3 is 1. The van der Waals surface area contributed by atoms with E-state index >= 15 is 0 Å². The summed E-state index contributed by atoms with van der Waals surface area (Å²) in [6.45, 7) is 5.86. The lowest BCUT2D eigenvalue weighted by Gasteiger charge is -2.23. The molecule has 6 nitrogen and oxygen atoms in total. The van der Waals surface area contributed by atoms with E-state index in [9.17, 15) is 0 Å². The average Bonchev–Trinajstić information content (AvgIpc) is 2.55. The van der Waals surface area contributed by atoms with Gasteiger partial charge in [-0.1, -0.05) is 0 Å². The van der Waals surface area contributed by atoms with Gasteiger partial charge in [0.1, 0.15) is 0 Å². The molecule has 0 bridgehead atoms. The molecule has 1 saturated heterocycles. The molecule has 1 aliphatic rings. The first-order chi connectivity index (χ1) is 7.77. The fourth-order valence-corrected chi connectivity index (χ4v) is 1.66. The molecule has 1 atom stereocenters. The number of ether oxygens (including phenoxy) is 2. The maximum Gasteiger partial charge on any atom is 0.208 e. The summed E-state index contributed by atoms with van der Waals surface area (Å²) >= 11 is 0. The zero-order valence-electron chi connectivity index (χ0n) is 10.1. The minimum absolute atomic E-state index is 0.0974. The SMILES string of the molecule is COCC(C)N=C(NN)N1CCCOCC1. The van der Waals surface area contributed by atoms with E-state index in [0.717, 1.165) is 38.7 Å². The van der Waals surface area contributed by atoms with Gasteiger partial charge >= 0.3 is 0 Å². The Balaban J connectivity index is 2.56. The van der Waals surface area contributed by atoms with Crippen molar-refractivity contribution in [3.63, 3.8) is 0 Å². The largest absolute Gasteiger partial charge is 0.382 e. The Kier molecular flexibility index (Phi) is 6.14. The Morgan fingerprint density at radius 2 is 2.38 bits per heavy atom. The van der Waals surface area contributed by atoms with Gasteiger partial charge in [0.05, 0.1) is 19.3 Å². The Morgan fingerprint density at radius 3 is 3.06 bits per heavy atom. The van der Waals surface area contributed by atoms with Gasteiger partial charge in [0.2, 0.25) is 5.96 Å². The minimum Gasteiger partial charge on any atom is -0.382 e. The zero-order valence-corrected chi connectivity index (χ0v) is 10.1. The van der Waals surface area contributed by atoms with Crippen molar-refractivity contribution in [3.8, 4) is 0 Å². The van der Waals surface area contributed by atoms with E-state index < -0.39 is 0 Å². The predicted octanol–water partition coefficient (Wildman–Crippen LogP) is -0.437. The Morgan fingerprint density at radius 1 is 1.56 bits per heavy atom. The first kappa shape index (κ1) is 13.2. The summed E-state index contributed by atoms with van der Waals surface area (Å²) in [4.78, 5) is 6.59. The second-order valence-electron chi connectivity index (χ2n) is 3.85. The van der Waals surface area contributed by atoms with Crippen LogP contribution in [0, 0.1) is 0 Å². The van der Waals surface area contributed by atoms with Crippen molar-refractivity contribution in [2.75, 3.05) is 40.0 Å². The van der Waals surface area contributed by atoms with E-state index in [4.69, 9.17) is 15.3 Å². The van der Waals surface area contributed by atoms with Gasteiger partial charge in [-0.3, -0.25) is 5.43 Å². The summed E-state index contributed by atoms with van der Waals surface area (Å²) < 4.78 is 10.4. The summed E-state index contributed by atoms with van der Waals surface area (Å²) in [6.07, 6.45) is 0.999. The lowest BCUT2D eigenvalue weighted by atomic mass is 10.4. The van der Waals surface area contributed by atoms with Crippen LogP contribution < -0.4 is 11.3 Å². The van der Waals surface area contributed by atoms with Gasteiger partial charge in [-0.25, -0.2) is 10.8 Å². The molecule has 0 aromatic carbocycles. The number of nitrogens with one attached hydrogen (secondary N) is 1. The van der Waals surface area contributed by atoms with Crippen molar-refractivity contribution in [2.24, 2.45) is 10.8 Å². The maximum atomic E-state index is 5.49. The molecule has 1 rings (SSSR count). The van der Waals surface area contributed by atoms with Crippen molar-refractivity contribution in [1.29, 1.82) is 0 Å². The summed E-state index contributed by atoms with van der Waals surface area (Å²) in [6, 6.07) is 0.0974. The van der Waals surface area contributed by atoms with Crippen LogP contribution >= 0.6 is 0 Å². The summed E-state index contributed by atoms with van der Waals surface area (Å²) in [5.41, 5.74) is 2.65. The van der Waals surface area contributed by atoms with Gasteiger partial charge < -0.3 is 14.4 Å². The van der Waals surface area contributed by atoms with Crippen molar-refractivity contribution in [1.82, 2.24) is 10.3 Å². The predicted molar refractivity (Wildman–Crippen MR) is 63.1 cm³/mol. The van der Waals surface area contributed by atoms with E-state index in [0.29, 0.717) is 6.61 Å². The highest BCUT2D eigenvalue weighted by Gasteiger charge is 2.13. The van der Waals surface area contributed by atoms with E-state index in [1.54, 1.807) is 7.11 Å². The van der Waals surface area contributed by atoms with Crippen molar-refractivity contribution in [3.05, 3.63) is 0 Å². The molecule has 0 saturated carbocycles. The van der Waals surface area contributed by atoms with E-state index in [-0.39, 0.29) is 6.04 Å². The zero-order chi connectivity index (χ0) is 11.8. The molecule has 0 radical (unpaired) electrons. The number of hydrogen-bond acceptors (Lipinski definition) is 4. The van der Waals surface area contributed by atoms with Crippen molar-refractivity contribution < 1.29 is 9.47 Å². The fourth-order valence-electron chi connectivity index (χ4n) is 1.66. The molecule has 0 aromatic rings. The number of hydrogen-bond donors (Lipinski definition) is 2. The molecule has 0 aromatic heterocycles. The number of nitrogens with zero attached hydrogens (tertiary/aromatic N) is 2. The number of hydrazine groups is 1. The molecule has 0 aliphatic carbocycles. The number of guanidine groups is 1. The standard InChI is InChI=1S/C10H22N4O2/c1-9(8-15-2)12-10(13-11)14-4-3-6-16-7-5-14/h9H,3-8,11H2,1-2H3,(H,12,13). The number of aliphatic imine (C=N–C) groups is 1. The summed E-state index contributed by atoms with van der Waals surface area (Å²) in [5.74, 6) is 6.21. The third-order valence-corrected chi connectivity index (χ3v) is 2.40. The van der Waals surface area contributed by atoms with Crippen molar-refractivity contribution in [2.45, 2.75) is 19.4 Å². The molecule has 0 amide bonds. The van der Waals surface area contributed by atoms with Crippen LogP contribution in [0.5, 0.6) is 0 Å². The maximum absolute atomic E-state index is 5.49. The van der Waals surface area contributed by atoms with E-state index in [2.05, 4.69) is 15.3 Å². The number of rotatable bonds is 3. The molecule has 94 valence electrons. The molecular weight excluding hydrogens is 208 g/mol. The highest BCUT2D eigenvalue weighted by atomic mass is 16.5. The number of nitrogens with two attached hydrogens (primary N) is 1. The summed E-state index contributed by atoms with van der Waals surface area (Å²) in [5, 5.41) is 0. The smallest absolute Gasteiger partial charge is 0.208 e. The third kappa shape index (κ3) is 4.34. The highest BCUT2D eigenvalue weighted by Crippen LogP contribution is 2.01. The van der Waals surface area contributed by atoms with Crippen LogP contribution in [-0.2, 0) is 9.47 Å². The van der Waals surface area contributed by atoms with E-state index in [1.165, 1.54) is 0 Å². The van der Waals surface area contributed by atoms with Gasteiger partial charge in [0.25, 0.3) is 0 Å². The topological polar surface area (TPSA) is 72.1 Å². The molecule has 1 aliphatic heterocycles. The first-order valence-electron chi connectivity index (χ1n) is 5.64. The summed E-state index contributed by atoms with van der Waals surface area (Å²) in [7, 11) is 1.67. The van der Waals surface area contributed by atoms with Crippen LogP contribution in [0.15, 0.2) is 4.99 Å². The molecule has 16 heavy (non-hydrogen) atoms. The lowest BCUT2D eigenvalue weighted by Crippen LogP contribution is -2.46. The highest BCUT2D eigenvalue weighted by molar-refractivity contribution is 5.79. The first-order valence-corrected chi connectivity index (χ1v) is 5.64. The molecule has 0 spiro atoms. The molecule has 6 heteroatoms. The van der Waals surface area contributed by atoms with Gasteiger partial charge in [0, 0.05) is 26.8 Å². The average molecular weight is 230 g/mol.